The van der Waals surface area contributed by atoms with Crippen molar-refractivity contribution in [3.63, 3.8) is 0 Å². The van der Waals surface area contributed by atoms with Gasteiger partial charge in [0.1, 0.15) is 0 Å². The van der Waals surface area contributed by atoms with Crippen LogP contribution in [0.15, 0.2) is 30.7 Å². The first-order valence-electron chi connectivity index (χ1n) is 5.39. The fourth-order valence-corrected chi connectivity index (χ4v) is 1.52. The molecule has 0 radical (unpaired) electrons. The number of rotatable bonds is 4. The lowest BCUT2D eigenvalue weighted by molar-refractivity contribution is 0.619. The van der Waals surface area contributed by atoms with E-state index in [9.17, 15) is 0 Å². The highest BCUT2D eigenvalue weighted by Crippen LogP contribution is 2.13. The molecule has 2 heterocycles. The molecule has 2 aromatic heterocycles. The van der Waals surface area contributed by atoms with E-state index < -0.39 is 0 Å². The molecule has 0 spiro atoms. The molecule has 0 aliphatic carbocycles. The van der Waals surface area contributed by atoms with Crippen LogP contribution in [0.2, 0.25) is 0 Å². The molecule has 84 valence electrons. The van der Waals surface area contributed by atoms with E-state index in [0.717, 1.165) is 24.2 Å². The van der Waals surface area contributed by atoms with Gasteiger partial charge in [-0.25, -0.2) is 4.68 Å². The predicted molar refractivity (Wildman–Crippen MR) is 61.0 cm³/mol. The van der Waals surface area contributed by atoms with Crippen molar-refractivity contribution in [2.24, 2.45) is 5.73 Å². The highest BCUT2D eigenvalue weighted by Gasteiger charge is 2.09. The number of nitrogens with two attached hydrogens (primary N) is 1. The first kappa shape index (κ1) is 10.8. The summed E-state index contributed by atoms with van der Waals surface area (Å²) in [6.07, 6.45) is 7.29. The van der Waals surface area contributed by atoms with E-state index in [-0.39, 0.29) is 6.04 Å². The van der Waals surface area contributed by atoms with Crippen LogP contribution in [0.3, 0.4) is 0 Å². The lowest BCUT2D eigenvalue weighted by Gasteiger charge is -2.04. The van der Waals surface area contributed by atoms with Crippen LogP contribution >= 0.6 is 0 Å². The second-order valence-electron chi connectivity index (χ2n) is 3.69. The smallest absolute Gasteiger partial charge is 0.0998 e. The molecular formula is C11H15N5. The van der Waals surface area contributed by atoms with E-state index in [4.69, 9.17) is 5.73 Å². The lowest BCUT2D eigenvalue weighted by atomic mass is 10.1. The first-order valence-corrected chi connectivity index (χ1v) is 5.39. The van der Waals surface area contributed by atoms with E-state index in [1.54, 1.807) is 17.1 Å². The highest BCUT2D eigenvalue weighted by molar-refractivity contribution is 5.26. The van der Waals surface area contributed by atoms with Crippen LogP contribution in [0.25, 0.3) is 5.69 Å². The lowest BCUT2D eigenvalue weighted by Crippen LogP contribution is -2.10. The molecular weight excluding hydrogens is 202 g/mol. The van der Waals surface area contributed by atoms with E-state index in [0.29, 0.717) is 0 Å². The molecule has 0 fully saturated rings. The Hall–Kier alpha value is -1.75. The quantitative estimate of drug-likeness (QED) is 0.841. The fraction of sp³-hybridized carbons (Fsp3) is 0.364. The molecule has 2 N–H and O–H groups in total. The zero-order valence-corrected chi connectivity index (χ0v) is 9.24. The van der Waals surface area contributed by atoms with Crippen molar-refractivity contribution in [3.05, 3.63) is 36.4 Å². The predicted octanol–water partition coefficient (Wildman–Crippen LogP) is 1.46. The van der Waals surface area contributed by atoms with E-state index >= 15 is 0 Å². The largest absolute Gasteiger partial charge is 0.323 e. The molecule has 0 aromatic carbocycles. The van der Waals surface area contributed by atoms with Crippen molar-refractivity contribution in [1.29, 1.82) is 0 Å². The van der Waals surface area contributed by atoms with Gasteiger partial charge in [0.15, 0.2) is 0 Å². The molecule has 0 bridgehead atoms. The summed E-state index contributed by atoms with van der Waals surface area (Å²) in [5, 5.41) is 8.11. The van der Waals surface area contributed by atoms with Gasteiger partial charge in [-0.15, -0.1) is 5.10 Å². The summed E-state index contributed by atoms with van der Waals surface area (Å²) < 4.78 is 1.69. The second kappa shape index (κ2) is 4.85. The molecule has 2 rings (SSSR count). The molecule has 16 heavy (non-hydrogen) atoms. The maximum atomic E-state index is 5.97. The summed E-state index contributed by atoms with van der Waals surface area (Å²) in [5.74, 6) is 0. The minimum absolute atomic E-state index is 0.0320. The summed E-state index contributed by atoms with van der Waals surface area (Å²) in [6, 6.07) is 3.76. The van der Waals surface area contributed by atoms with Gasteiger partial charge in [-0.1, -0.05) is 18.6 Å². The molecule has 0 aliphatic heterocycles. The van der Waals surface area contributed by atoms with Crippen molar-refractivity contribution in [3.8, 4) is 5.69 Å². The summed E-state index contributed by atoms with van der Waals surface area (Å²) >= 11 is 0. The van der Waals surface area contributed by atoms with Gasteiger partial charge in [0.2, 0.25) is 0 Å². The van der Waals surface area contributed by atoms with Gasteiger partial charge in [0.25, 0.3) is 0 Å². The molecule has 5 nitrogen and oxygen atoms in total. The number of hydrogen-bond acceptors (Lipinski definition) is 4. The van der Waals surface area contributed by atoms with Crippen molar-refractivity contribution in [2.75, 3.05) is 0 Å². The maximum Gasteiger partial charge on any atom is 0.0998 e. The van der Waals surface area contributed by atoms with Crippen LogP contribution in [0.1, 0.15) is 31.5 Å². The average molecular weight is 217 g/mol. The normalized spacial score (nSPS) is 12.6. The van der Waals surface area contributed by atoms with Crippen molar-refractivity contribution in [1.82, 2.24) is 20.0 Å². The van der Waals surface area contributed by atoms with Gasteiger partial charge in [-0.3, -0.25) is 4.98 Å². The molecule has 1 atom stereocenters. The van der Waals surface area contributed by atoms with E-state index in [1.807, 2.05) is 18.3 Å². The van der Waals surface area contributed by atoms with Gasteiger partial charge < -0.3 is 5.73 Å². The van der Waals surface area contributed by atoms with Gasteiger partial charge in [0, 0.05) is 6.20 Å². The molecule has 2 aromatic rings. The molecule has 0 amide bonds. The van der Waals surface area contributed by atoms with Crippen LogP contribution in [0.5, 0.6) is 0 Å². The fourth-order valence-electron chi connectivity index (χ4n) is 1.52. The zero-order chi connectivity index (χ0) is 11.4. The monoisotopic (exact) mass is 217 g/mol. The Labute approximate surface area is 94.3 Å². The summed E-state index contributed by atoms with van der Waals surface area (Å²) in [6.45, 7) is 2.10. The van der Waals surface area contributed by atoms with E-state index in [1.165, 1.54) is 0 Å². The summed E-state index contributed by atoms with van der Waals surface area (Å²) in [5.41, 5.74) is 7.68. The first-order chi connectivity index (χ1) is 7.81. The van der Waals surface area contributed by atoms with Gasteiger partial charge in [0.05, 0.1) is 29.8 Å². The zero-order valence-electron chi connectivity index (χ0n) is 9.24. The number of hydrogen-bond donors (Lipinski definition) is 1. The summed E-state index contributed by atoms with van der Waals surface area (Å²) in [7, 11) is 0. The minimum Gasteiger partial charge on any atom is -0.323 e. The highest BCUT2D eigenvalue weighted by atomic mass is 15.4. The Kier molecular flexibility index (Phi) is 3.26. The number of aromatic nitrogens is 4. The average Bonchev–Trinajstić information content (AvgIpc) is 2.80. The minimum atomic E-state index is -0.0320. The third kappa shape index (κ3) is 2.25. The van der Waals surface area contributed by atoms with Crippen LogP contribution in [0.4, 0.5) is 0 Å². The maximum absolute atomic E-state index is 5.97. The van der Waals surface area contributed by atoms with Crippen molar-refractivity contribution < 1.29 is 0 Å². The van der Waals surface area contributed by atoms with Crippen LogP contribution in [-0.2, 0) is 0 Å². The SMILES string of the molecule is CCCC(N)c1cn(-c2cccnc2)nn1. The van der Waals surface area contributed by atoms with Crippen molar-refractivity contribution >= 4 is 0 Å². The van der Waals surface area contributed by atoms with Crippen molar-refractivity contribution in [2.45, 2.75) is 25.8 Å². The molecule has 0 saturated carbocycles. The Bertz CT molecular complexity index is 437. The Morgan fingerprint density at radius 2 is 2.38 bits per heavy atom. The third-order valence-electron chi connectivity index (χ3n) is 2.40. The molecule has 0 saturated heterocycles. The van der Waals surface area contributed by atoms with E-state index in [2.05, 4.69) is 22.2 Å². The van der Waals surface area contributed by atoms with Gasteiger partial charge in [-0.05, 0) is 18.6 Å². The summed E-state index contributed by atoms with van der Waals surface area (Å²) in [4.78, 5) is 4.03. The number of nitrogens with zero attached hydrogens (tertiary/aromatic N) is 4. The Balaban J connectivity index is 2.20. The number of pyridine rings is 1. The second-order valence-corrected chi connectivity index (χ2v) is 3.69. The Morgan fingerprint density at radius 1 is 1.50 bits per heavy atom. The molecule has 1 unspecified atom stereocenters. The van der Waals surface area contributed by atoms with Crippen LogP contribution < -0.4 is 5.73 Å². The van der Waals surface area contributed by atoms with Crippen LogP contribution in [0, 0.1) is 0 Å². The van der Waals surface area contributed by atoms with Crippen LogP contribution in [-0.4, -0.2) is 20.0 Å². The van der Waals surface area contributed by atoms with Gasteiger partial charge >= 0.3 is 0 Å². The third-order valence-corrected chi connectivity index (χ3v) is 2.40. The molecule has 0 aliphatic rings. The standard InChI is InChI=1S/C11H15N5/c1-2-4-10(12)11-8-16(15-14-11)9-5-3-6-13-7-9/h3,5-8,10H,2,4,12H2,1H3. The Morgan fingerprint density at radius 3 is 3.06 bits per heavy atom. The topological polar surface area (TPSA) is 69.6 Å². The molecule has 5 heteroatoms. The van der Waals surface area contributed by atoms with Gasteiger partial charge in [-0.2, -0.15) is 0 Å².